The summed E-state index contributed by atoms with van der Waals surface area (Å²) in [6, 6.07) is 1.48. The Balaban J connectivity index is 3.33. The molecule has 1 aromatic carbocycles. The van der Waals surface area contributed by atoms with Crippen LogP contribution in [0.25, 0.3) is 0 Å². The molecule has 0 amide bonds. The Kier molecular flexibility index (Phi) is 2.92. The molecule has 0 heterocycles. The van der Waals surface area contributed by atoms with Crippen molar-refractivity contribution in [1.29, 1.82) is 0 Å². The van der Waals surface area contributed by atoms with Gasteiger partial charge in [0.25, 0.3) is 0 Å². The van der Waals surface area contributed by atoms with E-state index in [1.165, 1.54) is 0 Å². The van der Waals surface area contributed by atoms with Gasteiger partial charge in [-0.2, -0.15) is 0 Å². The fourth-order valence-corrected chi connectivity index (χ4v) is 1.38. The zero-order valence-electron chi connectivity index (χ0n) is 5.55. The zero-order valence-corrected chi connectivity index (χ0v) is 7.95. The summed E-state index contributed by atoms with van der Waals surface area (Å²) in [6.07, 6.45) is 0. The molecule has 0 aliphatic heterocycles. The second-order valence-corrected chi connectivity index (χ2v) is 3.74. The van der Waals surface area contributed by atoms with E-state index in [-0.39, 0.29) is 4.47 Å². The minimum atomic E-state index is -2.49. The van der Waals surface area contributed by atoms with Gasteiger partial charge >= 0.3 is 0 Å². The van der Waals surface area contributed by atoms with Gasteiger partial charge < -0.3 is 4.55 Å². The van der Waals surface area contributed by atoms with E-state index >= 15 is 0 Å². The van der Waals surface area contributed by atoms with E-state index in [0.717, 1.165) is 6.07 Å². The molecule has 12 heavy (non-hydrogen) atoms. The van der Waals surface area contributed by atoms with Crippen LogP contribution in [0.4, 0.5) is 8.78 Å². The molecule has 2 nitrogen and oxygen atoms in total. The fourth-order valence-electron chi connectivity index (χ4n) is 0.638. The molecule has 0 bridgehead atoms. The molecular formula is C6H3BrF2O2S. The molecule has 0 aromatic heterocycles. The minimum absolute atomic E-state index is 0.0748. The molecule has 1 rings (SSSR count). The van der Waals surface area contributed by atoms with Gasteiger partial charge in [0.1, 0.15) is 16.5 Å². The van der Waals surface area contributed by atoms with E-state index in [1.807, 2.05) is 0 Å². The second-order valence-electron chi connectivity index (χ2n) is 1.95. The fraction of sp³-hybridized carbons (Fsp3) is 0. The standard InChI is InChI=1S/C6H3BrF2O2S/c7-3-1-5(9)6(12(10)11)2-4(3)8/h1-2H,(H,10,11). The Hall–Kier alpha value is -0.330. The predicted molar refractivity (Wildman–Crippen MR) is 43.1 cm³/mol. The molecule has 0 radical (unpaired) electrons. The molecule has 0 spiro atoms. The van der Waals surface area contributed by atoms with Gasteiger partial charge in [0.15, 0.2) is 11.1 Å². The molecule has 1 aromatic rings. The van der Waals surface area contributed by atoms with Crippen LogP contribution in [0.2, 0.25) is 0 Å². The van der Waals surface area contributed by atoms with Crippen LogP contribution in [0.5, 0.6) is 0 Å². The normalized spacial score (nSPS) is 13.0. The largest absolute Gasteiger partial charge is 0.302 e. The number of hydrogen-bond donors (Lipinski definition) is 1. The Morgan fingerprint density at radius 3 is 2.42 bits per heavy atom. The summed E-state index contributed by atoms with van der Waals surface area (Å²) in [6.45, 7) is 0. The molecule has 1 N–H and O–H groups in total. The summed E-state index contributed by atoms with van der Waals surface area (Å²) in [5, 5.41) is 0. The molecule has 66 valence electrons. The molecule has 1 unspecified atom stereocenters. The Labute approximate surface area is 78.0 Å². The number of benzene rings is 1. The molecule has 0 aliphatic carbocycles. The van der Waals surface area contributed by atoms with E-state index < -0.39 is 27.6 Å². The average molecular weight is 257 g/mol. The van der Waals surface area contributed by atoms with Crippen molar-refractivity contribution in [3.8, 4) is 0 Å². The van der Waals surface area contributed by atoms with Gasteiger partial charge in [-0.05, 0) is 28.1 Å². The highest BCUT2D eigenvalue weighted by Gasteiger charge is 2.11. The van der Waals surface area contributed by atoms with Crippen LogP contribution in [-0.4, -0.2) is 8.76 Å². The number of halogens is 3. The average Bonchev–Trinajstić information content (AvgIpc) is 1.96. The Morgan fingerprint density at radius 1 is 1.33 bits per heavy atom. The first-order valence-corrected chi connectivity index (χ1v) is 4.67. The Bertz CT molecular complexity index is 343. The highest BCUT2D eigenvalue weighted by Crippen LogP contribution is 2.21. The molecule has 1 atom stereocenters. The van der Waals surface area contributed by atoms with E-state index in [9.17, 15) is 13.0 Å². The lowest BCUT2D eigenvalue weighted by Gasteiger charge is -1.99. The molecule has 0 saturated carbocycles. The first kappa shape index (κ1) is 9.76. The summed E-state index contributed by atoms with van der Waals surface area (Å²) >= 11 is 0.239. The highest BCUT2D eigenvalue weighted by atomic mass is 79.9. The molecule has 6 heteroatoms. The topological polar surface area (TPSA) is 37.3 Å². The van der Waals surface area contributed by atoms with Crippen molar-refractivity contribution in [2.24, 2.45) is 0 Å². The quantitative estimate of drug-likeness (QED) is 0.619. The van der Waals surface area contributed by atoms with Crippen molar-refractivity contribution >= 4 is 27.0 Å². The lowest BCUT2D eigenvalue weighted by Crippen LogP contribution is -1.95. The van der Waals surface area contributed by atoms with Gasteiger partial charge in [0, 0.05) is 0 Å². The van der Waals surface area contributed by atoms with Crippen LogP contribution < -0.4 is 0 Å². The van der Waals surface area contributed by atoms with Crippen LogP contribution in [0, 0.1) is 11.6 Å². The van der Waals surface area contributed by atoms with Gasteiger partial charge in [0.05, 0.1) is 4.47 Å². The van der Waals surface area contributed by atoms with Crippen molar-refractivity contribution in [2.75, 3.05) is 0 Å². The smallest absolute Gasteiger partial charge is 0.189 e. The maximum Gasteiger partial charge on any atom is 0.189 e. The lowest BCUT2D eigenvalue weighted by molar-refractivity contribution is 0.534. The number of rotatable bonds is 1. The van der Waals surface area contributed by atoms with E-state index in [1.54, 1.807) is 0 Å². The van der Waals surface area contributed by atoms with Crippen LogP contribution in [0.3, 0.4) is 0 Å². The van der Waals surface area contributed by atoms with Crippen molar-refractivity contribution in [3.05, 3.63) is 28.2 Å². The first-order chi connectivity index (χ1) is 5.52. The van der Waals surface area contributed by atoms with Gasteiger partial charge in [0.2, 0.25) is 0 Å². The zero-order chi connectivity index (χ0) is 9.30. The Morgan fingerprint density at radius 2 is 1.92 bits per heavy atom. The molecule has 0 saturated heterocycles. The van der Waals surface area contributed by atoms with Crippen molar-refractivity contribution in [3.63, 3.8) is 0 Å². The predicted octanol–water partition coefficient (Wildman–Crippen LogP) is 2.31. The third-order valence-corrected chi connectivity index (χ3v) is 2.46. The SMILES string of the molecule is O=S(O)c1cc(F)c(Br)cc1F. The maximum atomic E-state index is 12.7. The van der Waals surface area contributed by atoms with Crippen molar-refractivity contribution in [2.45, 2.75) is 4.90 Å². The van der Waals surface area contributed by atoms with Gasteiger partial charge in [-0.1, -0.05) is 0 Å². The summed E-state index contributed by atoms with van der Waals surface area (Å²) in [5.74, 6) is -1.68. The minimum Gasteiger partial charge on any atom is -0.302 e. The van der Waals surface area contributed by atoms with Crippen LogP contribution >= 0.6 is 15.9 Å². The van der Waals surface area contributed by atoms with Gasteiger partial charge in [-0.25, -0.2) is 13.0 Å². The maximum absolute atomic E-state index is 12.7. The summed E-state index contributed by atoms with van der Waals surface area (Å²) in [7, 11) is 0. The lowest BCUT2D eigenvalue weighted by atomic mass is 10.3. The van der Waals surface area contributed by atoms with Crippen LogP contribution in [0.1, 0.15) is 0 Å². The third-order valence-electron chi connectivity index (χ3n) is 1.16. The monoisotopic (exact) mass is 256 g/mol. The van der Waals surface area contributed by atoms with E-state index in [2.05, 4.69) is 15.9 Å². The van der Waals surface area contributed by atoms with Crippen molar-refractivity contribution < 1.29 is 17.5 Å². The summed E-state index contributed by atoms with van der Waals surface area (Å²) < 4.78 is 44.2. The van der Waals surface area contributed by atoms with Crippen molar-refractivity contribution in [1.82, 2.24) is 0 Å². The van der Waals surface area contributed by atoms with Gasteiger partial charge in [-0.15, -0.1) is 0 Å². The highest BCUT2D eigenvalue weighted by molar-refractivity contribution is 9.10. The molecular weight excluding hydrogens is 254 g/mol. The molecule has 0 fully saturated rings. The summed E-state index contributed by atoms with van der Waals surface area (Å²) in [5.41, 5.74) is 0. The van der Waals surface area contributed by atoms with Gasteiger partial charge in [-0.3, -0.25) is 0 Å². The second kappa shape index (κ2) is 3.59. The van der Waals surface area contributed by atoms with E-state index in [0.29, 0.717) is 6.07 Å². The van der Waals surface area contributed by atoms with Crippen LogP contribution in [-0.2, 0) is 11.1 Å². The molecule has 0 aliphatic rings. The van der Waals surface area contributed by atoms with E-state index in [4.69, 9.17) is 4.55 Å². The van der Waals surface area contributed by atoms with Crippen LogP contribution in [0.15, 0.2) is 21.5 Å². The third kappa shape index (κ3) is 1.88. The first-order valence-electron chi connectivity index (χ1n) is 2.78. The number of hydrogen-bond acceptors (Lipinski definition) is 1. The summed E-state index contributed by atoms with van der Waals surface area (Å²) in [4.78, 5) is -0.560.